The molecule has 1 atom stereocenters. The van der Waals surface area contributed by atoms with Crippen molar-refractivity contribution in [2.24, 2.45) is 0 Å². The molecule has 5 rings (SSSR count). The number of aryl methyl sites for hydroxylation is 1. The topological polar surface area (TPSA) is 85.3 Å². The molecule has 0 saturated carbocycles. The van der Waals surface area contributed by atoms with Crippen LogP contribution in [0.4, 0.5) is 5.69 Å². The number of aliphatic hydroxyl groups is 1. The number of ether oxygens (including phenoxy) is 3. The van der Waals surface area contributed by atoms with Gasteiger partial charge in [0, 0.05) is 5.69 Å². The van der Waals surface area contributed by atoms with Gasteiger partial charge in [0.05, 0.1) is 36.4 Å². The fourth-order valence-electron chi connectivity index (χ4n) is 4.85. The third-order valence-electron chi connectivity index (χ3n) is 6.69. The number of anilines is 1. The summed E-state index contributed by atoms with van der Waals surface area (Å²) >= 11 is 12.8. The van der Waals surface area contributed by atoms with Gasteiger partial charge in [0.1, 0.15) is 22.3 Å². The third kappa shape index (κ3) is 5.22. The van der Waals surface area contributed by atoms with Crippen molar-refractivity contribution in [2.45, 2.75) is 13.0 Å². The van der Waals surface area contributed by atoms with Crippen LogP contribution < -0.4 is 19.1 Å². The SMILES string of the molecule is COc1c(Cl)cc(/C(O)=C2\C(=O)C(=O)N(c3ccc(Oc4ccccc4)cc3)C2c2cccc(C)c2)c(OC)c1Cl. The van der Waals surface area contributed by atoms with Gasteiger partial charge in [-0.05, 0) is 55.0 Å². The van der Waals surface area contributed by atoms with E-state index in [4.69, 9.17) is 37.4 Å². The van der Waals surface area contributed by atoms with E-state index in [2.05, 4.69) is 0 Å². The molecule has 0 radical (unpaired) electrons. The number of nitrogens with zero attached hydrogens (tertiary/aromatic N) is 1. The number of carbonyl (C=O) groups is 2. The summed E-state index contributed by atoms with van der Waals surface area (Å²) < 4.78 is 16.6. The first-order valence-electron chi connectivity index (χ1n) is 12.6. The van der Waals surface area contributed by atoms with Crippen LogP contribution in [-0.2, 0) is 9.59 Å². The van der Waals surface area contributed by atoms with E-state index >= 15 is 0 Å². The molecule has 9 heteroatoms. The van der Waals surface area contributed by atoms with Gasteiger partial charge < -0.3 is 19.3 Å². The Bertz CT molecular complexity index is 1670. The van der Waals surface area contributed by atoms with E-state index in [-0.39, 0.29) is 32.7 Å². The molecule has 1 amide bonds. The van der Waals surface area contributed by atoms with Gasteiger partial charge in [-0.3, -0.25) is 14.5 Å². The van der Waals surface area contributed by atoms with Crippen LogP contribution in [0.15, 0.2) is 90.5 Å². The van der Waals surface area contributed by atoms with Crippen LogP contribution in [0.25, 0.3) is 5.76 Å². The lowest BCUT2D eigenvalue weighted by atomic mass is 9.94. The van der Waals surface area contributed by atoms with Crippen LogP contribution in [0.2, 0.25) is 10.0 Å². The number of hydrogen-bond donors (Lipinski definition) is 1. The average molecular weight is 590 g/mol. The Balaban J connectivity index is 1.66. The first-order valence-corrected chi connectivity index (χ1v) is 13.3. The second-order valence-corrected chi connectivity index (χ2v) is 10.1. The molecule has 1 N–H and O–H groups in total. The predicted molar refractivity (Wildman–Crippen MR) is 158 cm³/mol. The van der Waals surface area contributed by atoms with Crippen molar-refractivity contribution < 1.29 is 28.9 Å². The van der Waals surface area contributed by atoms with Crippen LogP contribution in [0, 0.1) is 6.92 Å². The summed E-state index contributed by atoms with van der Waals surface area (Å²) in [6.07, 6.45) is 0. The molecule has 1 heterocycles. The van der Waals surface area contributed by atoms with Crippen molar-refractivity contribution in [2.75, 3.05) is 19.1 Å². The monoisotopic (exact) mass is 589 g/mol. The molecule has 4 aromatic rings. The highest BCUT2D eigenvalue weighted by atomic mass is 35.5. The smallest absolute Gasteiger partial charge is 0.300 e. The number of rotatable bonds is 7. The molecular weight excluding hydrogens is 565 g/mol. The average Bonchev–Trinajstić information content (AvgIpc) is 3.23. The van der Waals surface area contributed by atoms with E-state index in [0.29, 0.717) is 22.7 Å². The summed E-state index contributed by atoms with van der Waals surface area (Å²) in [5.41, 5.74) is 1.88. The highest BCUT2D eigenvalue weighted by molar-refractivity contribution is 6.52. The van der Waals surface area contributed by atoms with Crippen LogP contribution in [-0.4, -0.2) is 31.0 Å². The molecule has 0 aliphatic carbocycles. The summed E-state index contributed by atoms with van der Waals surface area (Å²) in [6, 6.07) is 23.9. The zero-order valence-electron chi connectivity index (χ0n) is 22.4. The van der Waals surface area contributed by atoms with Crippen molar-refractivity contribution >= 4 is 46.3 Å². The molecule has 7 nitrogen and oxygen atoms in total. The van der Waals surface area contributed by atoms with Gasteiger partial charge in [0.2, 0.25) is 0 Å². The summed E-state index contributed by atoms with van der Waals surface area (Å²) in [4.78, 5) is 28.5. The first-order chi connectivity index (χ1) is 19.7. The molecular formula is C32H25Cl2NO6. The van der Waals surface area contributed by atoms with Gasteiger partial charge in [-0.2, -0.15) is 0 Å². The van der Waals surface area contributed by atoms with Crippen LogP contribution in [0.5, 0.6) is 23.0 Å². The molecule has 1 fully saturated rings. The summed E-state index contributed by atoms with van der Waals surface area (Å²) in [5, 5.41) is 11.7. The summed E-state index contributed by atoms with van der Waals surface area (Å²) in [7, 11) is 2.76. The molecule has 0 spiro atoms. The number of amides is 1. The van der Waals surface area contributed by atoms with Gasteiger partial charge in [0.25, 0.3) is 11.7 Å². The van der Waals surface area contributed by atoms with Gasteiger partial charge in [-0.15, -0.1) is 0 Å². The normalized spacial score (nSPS) is 16.1. The Morgan fingerprint density at radius 3 is 2.12 bits per heavy atom. The maximum absolute atomic E-state index is 13.6. The summed E-state index contributed by atoms with van der Waals surface area (Å²) in [5.74, 6) is -0.757. The maximum Gasteiger partial charge on any atom is 0.300 e. The van der Waals surface area contributed by atoms with E-state index < -0.39 is 23.5 Å². The van der Waals surface area contributed by atoms with Gasteiger partial charge >= 0.3 is 0 Å². The number of methoxy groups -OCH3 is 2. The molecule has 41 heavy (non-hydrogen) atoms. The van der Waals surface area contributed by atoms with E-state index in [1.165, 1.54) is 25.2 Å². The lowest BCUT2D eigenvalue weighted by molar-refractivity contribution is -0.132. The minimum atomic E-state index is -0.958. The van der Waals surface area contributed by atoms with Crippen molar-refractivity contribution in [3.05, 3.63) is 117 Å². The van der Waals surface area contributed by atoms with Crippen LogP contribution >= 0.6 is 23.2 Å². The van der Waals surface area contributed by atoms with Crippen molar-refractivity contribution in [3.8, 4) is 23.0 Å². The highest BCUT2D eigenvalue weighted by Crippen LogP contribution is 2.48. The lowest BCUT2D eigenvalue weighted by Crippen LogP contribution is -2.29. The zero-order valence-corrected chi connectivity index (χ0v) is 23.9. The molecule has 4 aromatic carbocycles. The van der Waals surface area contributed by atoms with E-state index in [9.17, 15) is 14.7 Å². The minimum Gasteiger partial charge on any atom is -0.507 e. The second-order valence-electron chi connectivity index (χ2n) is 9.28. The zero-order chi connectivity index (χ0) is 29.3. The Morgan fingerprint density at radius 2 is 1.49 bits per heavy atom. The number of aliphatic hydroxyl groups excluding tert-OH is 1. The van der Waals surface area contributed by atoms with Crippen LogP contribution in [0.1, 0.15) is 22.7 Å². The molecule has 1 unspecified atom stereocenters. The van der Waals surface area contributed by atoms with Crippen molar-refractivity contribution in [3.63, 3.8) is 0 Å². The summed E-state index contributed by atoms with van der Waals surface area (Å²) in [6.45, 7) is 1.90. The van der Waals surface area contributed by atoms with E-state index in [1.807, 2.05) is 55.5 Å². The van der Waals surface area contributed by atoms with E-state index in [0.717, 1.165) is 5.56 Å². The quantitative estimate of drug-likeness (QED) is 0.135. The first kappa shape index (κ1) is 28.1. The van der Waals surface area contributed by atoms with Gasteiger partial charge in [-0.1, -0.05) is 71.2 Å². The molecule has 0 aromatic heterocycles. The standard InChI is InChI=1S/C32H25Cl2NO6/c1-18-8-7-9-19(16-18)27-25(28(36)23-17-24(33)31(40-3)26(34)30(23)39-2)29(37)32(38)35(27)20-12-14-22(15-13-20)41-21-10-5-4-6-11-21/h4-17,27,36H,1-3H3/b28-25+. The van der Waals surface area contributed by atoms with Gasteiger partial charge in [0.15, 0.2) is 11.5 Å². The fraction of sp³-hybridized carbons (Fsp3) is 0.125. The van der Waals surface area contributed by atoms with E-state index in [1.54, 1.807) is 30.3 Å². The van der Waals surface area contributed by atoms with Crippen molar-refractivity contribution in [1.29, 1.82) is 0 Å². The minimum absolute atomic E-state index is 0.0133. The number of para-hydroxylation sites is 1. The second kappa shape index (κ2) is 11.6. The lowest BCUT2D eigenvalue weighted by Gasteiger charge is -2.26. The number of Topliss-reactive ketones (excluding diaryl/α,β-unsaturated/α-hetero) is 1. The van der Waals surface area contributed by atoms with Crippen molar-refractivity contribution in [1.82, 2.24) is 0 Å². The Morgan fingerprint density at radius 1 is 0.829 bits per heavy atom. The highest BCUT2D eigenvalue weighted by Gasteiger charge is 2.47. The molecule has 208 valence electrons. The number of benzene rings is 4. The largest absolute Gasteiger partial charge is 0.507 e. The molecule has 0 bridgehead atoms. The fourth-order valence-corrected chi connectivity index (χ4v) is 5.53. The molecule has 1 saturated heterocycles. The number of ketones is 1. The Kier molecular flexibility index (Phi) is 7.92. The number of hydrogen-bond acceptors (Lipinski definition) is 6. The number of carbonyl (C=O) groups excluding carboxylic acids is 2. The predicted octanol–water partition coefficient (Wildman–Crippen LogP) is 7.74. The Hall–Kier alpha value is -4.46. The third-order valence-corrected chi connectivity index (χ3v) is 7.31. The van der Waals surface area contributed by atoms with Crippen LogP contribution in [0.3, 0.4) is 0 Å². The van der Waals surface area contributed by atoms with Gasteiger partial charge in [-0.25, -0.2) is 0 Å². The molecule has 1 aliphatic rings. The Labute approximate surface area is 247 Å². The maximum atomic E-state index is 13.6. The molecule has 1 aliphatic heterocycles. The number of halogens is 2.